The van der Waals surface area contributed by atoms with Crippen LogP contribution in [0.25, 0.3) is 0 Å². The molecule has 1 aromatic carbocycles. The van der Waals surface area contributed by atoms with E-state index in [1.165, 1.54) is 0 Å². The number of amides is 1. The molecule has 1 heterocycles. The van der Waals surface area contributed by atoms with Crippen molar-refractivity contribution in [2.75, 3.05) is 32.1 Å². The number of carbonyl (C=O) groups excluding carboxylic acids is 1. The number of morpholine rings is 1. The summed E-state index contributed by atoms with van der Waals surface area (Å²) in [5, 5.41) is 4.45. The Labute approximate surface area is 186 Å². The van der Waals surface area contributed by atoms with E-state index < -0.39 is 75.2 Å². The Hall–Kier alpha value is -2.54. The zero-order chi connectivity index (χ0) is 26.3. The zero-order valence-electron chi connectivity index (χ0n) is 16.4. The average molecular weight is 546 g/mol. The molecule has 0 unspecified atom stereocenters. The van der Waals surface area contributed by atoms with Crippen molar-refractivity contribution in [2.45, 2.75) is 27.1 Å². The summed E-state index contributed by atoms with van der Waals surface area (Å²) >= 11 is 0. The SMILES string of the molecule is O=C(CS(=O)(=O)c1ccc(S(=O)(=O)C(F)(F)C(F)(F)C(F)(F)F)cc1[N+](=O)[O-])N1CCOCC1. The van der Waals surface area contributed by atoms with Crippen LogP contribution >= 0.6 is 0 Å². The molecule has 10 nitrogen and oxygen atoms in total. The van der Waals surface area contributed by atoms with Crippen LogP contribution in [0.5, 0.6) is 0 Å². The van der Waals surface area contributed by atoms with E-state index in [0.717, 1.165) is 4.90 Å². The lowest BCUT2D eigenvalue weighted by Gasteiger charge is -2.27. The number of nitro benzene ring substituents is 1. The highest BCUT2D eigenvalue weighted by Gasteiger charge is 2.78. The molecule has 1 aliphatic heterocycles. The fraction of sp³-hybridized carbons (Fsp3) is 0.533. The van der Waals surface area contributed by atoms with Crippen molar-refractivity contribution in [3.8, 4) is 0 Å². The molecule has 2 rings (SSSR count). The molecule has 0 saturated carbocycles. The lowest BCUT2D eigenvalue weighted by molar-refractivity contribution is -0.388. The number of halogens is 7. The zero-order valence-corrected chi connectivity index (χ0v) is 18.0. The highest BCUT2D eigenvalue weighted by atomic mass is 32.2. The molecule has 0 N–H and O–H groups in total. The van der Waals surface area contributed by atoms with Crippen LogP contribution in [0.2, 0.25) is 0 Å². The number of ether oxygens (including phenoxy) is 1. The average Bonchev–Trinajstić information content (AvgIpc) is 2.72. The van der Waals surface area contributed by atoms with E-state index in [1.54, 1.807) is 0 Å². The topological polar surface area (TPSA) is 141 Å². The highest BCUT2D eigenvalue weighted by Crippen LogP contribution is 2.51. The quantitative estimate of drug-likeness (QED) is 0.286. The maximum atomic E-state index is 13.8. The first-order valence-electron chi connectivity index (χ1n) is 8.71. The second kappa shape index (κ2) is 8.91. The first kappa shape index (κ1) is 27.7. The van der Waals surface area contributed by atoms with Crippen LogP contribution in [0.15, 0.2) is 28.0 Å². The normalized spacial score (nSPS) is 16.4. The molecule has 1 aromatic rings. The Morgan fingerprint density at radius 3 is 2.03 bits per heavy atom. The van der Waals surface area contributed by atoms with Crippen molar-refractivity contribution in [3.05, 3.63) is 28.3 Å². The van der Waals surface area contributed by atoms with Crippen LogP contribution in [0.1, 0.15) is 0 Å². The number of hydrogen-bond donors (Lipinski definition) is 0. The van der Waals surface area contributed by atoms with Gasteiger partial charge in [0.15, 0.2) is 9.84 Å². The molecule has 19 heteroatoms. The molecule has 1 fully saturated rings. The Morgan fingerprint density at radius 2 is 1.56 bits per heavy atom. The van der Waals surface area contributed by atoms with Crippen LogP contribution < -0.4 is 0 Å². The molecular formula is C15H13F7N2O8S2. The molecule has 0 aliphatic carbocycles. The Kier molecular flexibility index (Phi) is 7.26. The van der Waals surface area contributed by atoms with Gasteiger partial charge in [-0.2, -0.15) is 30.7 Å². The maximum absolute atomic E-state index is 13.8. The van der Waals surface area contributed by atoms with Gasteiger partial charge in [-0.15, -0.1) is 0 Å². The van der Waals surface area contributed by atoms with E-state index in [4.69, 9.17) is 4.74 Å². The predicted octanol–water partition coefficient (Wildman–Crippen LogP) is 1.79. The van der Waals surface area contributed by atoms with Gasteiger partial charge >= 0.3 is 17.4 Å². The number of benzene rings is 1. The largest absolute Gasteiger partial charge is 0.461 e. The number of rotatable bonds is 7. The van der Waals surface area contributed by atoms with Crippen molar-refractivity contribution >= 4 is 31.3 Å². The summed E-state index contributed by atoms with van der Waals surface area (Å²) in [4.78, 5) is 19.4. The number of sulfone groups is 2. The molecule has 34 heavy (non-hydrogen) atoms. The summed E-state index contributed by atoms with van der Waals surface area (Å²) in [7, 11) is -11.8. The summed E-state index contributed by atoms with van der Waals surface area (Å²) in [5.41, 5.74) is -1.73. The second-order valence-corrected chi connectivity index (χ2v) is 10.7. The molecule has 0 spiro atoms. The van der Waals surface area contributed by atoms with Gasteiger partial charge in [0.1, 0.15) is 10.6 Å². The van der Waals surface area contributed by atoms with E-state index >= 15 is 0 Å². The lowest BCUT2D eigenvalue weighted by atomic mass is 10.3. The van der Waals surface area contributed by atoms with Crippen LogP contribution in [-0.4, -0.2) is 82.0 Å². The van der Waals surface area contributed by atoms with Crippen LogP contribution in [0.4, 0.5) is 36.4 Å². The minimum atomic E-state index is -7.09. The van der Waals surface area contributed by atoms with E-state index in [1.807, 2.05) is 0 Å². The number of nitro groups is 1. The minimum absolute atomic E-state index is 0.0177. The second-order valence-electron chi connectivity index (χ2n) is 6.73. The number of hydrogen-bond acceptors (Lipinski definition) is 8. The van der Waals surface area contributed by atoms with Gasteiger partial charge in [0.05, 0.1) is 23.0 Å². The predicted molar refractivity (Wildman–Crippen MR) is 95.7 cm³/mol. The molecule has 1 amide bonds. The van der Waals surface area contributed by atoms with Gasteiger partial charge in [-0.05, 0) is 12.1 Å². The van der Waals surface area contributed by atoms with Crippen molar-refractivity contribution in [1.82, 2.24) is 4.90 Å². The number of nitrogens with zero attached hydrogens (tertiary/aromatic N) is 2. The maximum Gasteiger partial charge on any atom is 0.461 e. The molecule has 0 radical (unpaired) electrons. The highest BCUT2D eigenvalue weighted by molar-refractivity contribution is 7.93. The third kappa shape index (κ3) is 4.81. The smallest absolute Gasteiger partial charge is 0.378 e. The number of alkyl halides is 7. The molecule has 0 aromatic heterocycles. The fourth-order valence-corrected chi connectivity index (χ4v) is 5.35. The summed E-state index contributed by atoms with van der Waals surface area (Å²) in [6, 6.07) is -0.467. The molecule has 192 valence electrons. The van der Waals surface area contributed by atoms with Crippen LogP contribution in [-0.2, 0) is 29.2 Å². The Bertz CT molecular complexity index is 1190. The van der Waals surface area contributed by atoms with E-state index in [0.29, 0.717) is 0 Å². The van der Waals surface area contributed by atoms with Gasteiger partial charge in [-0.25, -0.2) is 16.8 Å². The Morgan fingerprint density at radius 1 is 1.03 bits per heavy atom. The fourth-order valence-electron chi connectivity index (χ4n) is 2.70. The Balaban J connectivity index is 2.54. The van der Waals surface area contributed by atoms with Crippen LogP contribution in [0, 0.1) is 10.1 Å². The van der Waals surface area contributed by atoms with Crippen molar-refractivity contribution < 1.29 is 62.0 Å². The molecular weight excluding hydrogens is 533 g/mol. The molecule has 1 saturated heterocycles. The number of carbonyl (C=O) groups is 1. The summed E-state index contributed by atoms with van der Waals surface area (Å²) in [6.07, 6.45) is -7.02. The van der Waals surface area contributed by atoms with Gasteiger partial charge in [0.2, 0.25) is 5.91 Å². The summed E-state index contributed by atoms with van der Waals surface area (Å²) < 4.78 is 145. The molecule has 0 atom stereocenters. The van der Waals surface area contributed by atoms with Gasteiger partial charge in [-0.1, -0.05) is 0 Å². The van der Waals surface area contributed by atoms with E-state index in [2.05, 4.69) is 0 Å². The standard InChI is InChI=1S/C15H13F7N2O8S2/c16-13(17,14(18,19)20)15(21,22)34(30,31)9-1-2-11(10(7-9)24(26)27)33(28,29)8-12(25)23-3-5-32-6-4-23/h1-2,7H,3-6,8H2. The van der Waals surface area contributed by atoms with Crippen molar-refractivity contribution in [1.29, 1.82) is 0 Å². The van der Waals surface area contributed by atoms with Crippen LogP contribution in [0.3, 0.4) is 0 Å². The van der Waals surface area contributed by atoms with Gasteiger partial charge in [0.25, 0.3) is 15.5 Å². The monoisotopic (exact) mass is 546 g/mol. The first-order chi connectivity index (χ1) is 15.3. The minimum Gasteiger partial charge on any atom is -0.378 e. The van der Waals surface area contributed by atoms with Crippen molar-refractivity contribution in [3.63, 3.8) is 0 Å². The third-order valence-corrected chi connectivity index (χ3v) is 7.96. The van der Waals surface area contributed by atoms with Gasteiger partial charge < -0.3 is 9.64 Å². The lowest BCUT2D eigenvalue weighted by Crippen LogP contribution is -2.55. The van der Waals surface area contributed by atoms with Gasteiger partial charge in [-0.3, -0.25) is 14.9 Å². The molecule has 0 bridgehead atoms. The van der Waals surface area contributed by atoms with E-state index in [9.17, 15) is 62.5 Å². The third-order valence-electron chi connectivity index (χ3n) is 4.51. The molecule has 1 aliphatic rings. The van der Waals surface area contributed by atoms with Crippen molar-refractivity contribution in [2.24, 2.45) is 0 Å². The van der Waals surface area contributed by atoms with Gasteiger partial charge in [0, 0.05) is 19.2 Å². The summed E-state index contributed by atoms with van der Waals surface area (Å²) in [6.45, 7) is 0.0940. The van der Waals surface area contributed by atoms with E-state index in [-0.39, 0.29) is 38.4 Å². The first-order valence-corrected chi connectivity index (χ1v) is 11.8. The summed E-state index contributed by atoms with van der Waals surface area (Å²) in [5.74, 6) is -9.50.